The van der Waals surface area contributed by atoms with Crippen LogP contribution in [0.2, 0.25) is 0 Å². The molecule has 2 aliphatic rings. The Labute approximate surface area is 495 Å². The molecule has 0 bridgehead atoms. The van der Waals surface area contributed by atoms with Gasteiger partial charge in [0.15, 0.2) is 23.3 Å². The van der Waals surface area contributed by atoms with Crippen LogP contribution >= 0.6 is 11.6 Å². The lowest BCUT2D eigenvalue weighted by atomic mass is 10.1. The Morgan fingerprint density at radius 1 is 0.655 bits per heavy atom. The molecule has 0 aliphatic carbocycles. The quantitative estimate of drug-likeness (QED) is 0.0440. The minimum absolute atomic E-state index is 0. The van der Waals surface area contributed by atoms with E-state index in [-0.39, 0.29) is 14.8 Å². The monoisotopic (exact) mass is 1170 g/mol. The third-order valence-corrected chi connectivity index (χ3v) is 12.6. The number of nitrogens with zero attached hydrogens (tertiary/aromatic N) is 14. The number of halogens is 1. The summed E-state index contributed by atoms with van der Waals surface area (Å²) in [5.74, 6) is 3.55. The molecule has 25 heteroatoms. The fourth-order valence-corrected chi connectivity index (χ4v) is 8.76. The van der Waals surface area contributed by atoms with Gasteiger partial charge in [0.25, 0.3) is 0 Å². The van der Waals surface area contributed by atoms with E-state index in [4.69, 9.17) is 61.4 Å². The lowest BCUT2D eigenvalue weighted by molar-refractivity contribution is -0.112. The van der Waals surface area contributed by atoms with Crippen LogP contribution in [0.1, 0.15) is 20.0 Å². The third kappa shape index (κ3) is 16.4. The summed E-state index contributed by atoms with van der Waals surface area (Å²) in [4.78, 5) is 57.6. The highest BCUT2D eigenvalue weighted by Crippen LogP contribution is 2.37. The van der Waals surface area contributed by atoms with Crippen LogP contribution in [0.3, 0.4) is 0 Å². The molecule has 0 radical (unpaired) electrons. The van der Waals surface area contributed by atoms with Gasteiger partial charge >= 0.3 is 0 Å². The number of anilines is 8. The zero-order valence-electron chi connectivity index (χ0n) is 48.2. The van der Waals surface area contributed by atoms with Gasteiger partial charge in [0.2, 0.25) is 34.8 Å². The van der Waals surface area contributed by atoms with E-state index in [0.717, 1.165) is 65.9 Å². The van der Waals surface area contributed by atoms with E-state index in [1.54, 1.807) is 47.1 Å². The molecule has 10 rings (SSSR count). The summed E-state index contributed by atoms with van der Waals surface area (Å²) in [7, 11) is 11.2. The first-order valence-corrected chi connectivity index (χ1v) is 26.7. The number of nitrogens with two attached hydrogens (primary N) is 1. The molecule has 2 aliphatic heterocycles. The topological polar surface area (TPSA) is 259 Å². The van der Waals surface area contributed by atoms with E-state index in [2.05, 4.69) is 70.9 Å². The first-order valence-electron chi connectivity index (χ1n) is 26.4. The second kappa shape index (κ2) is 30.1. The molecule has 8 aromatic rings. The maximum absolute atomic E-state index is 12.3. The highest BCUT2D eigenvalue weighted by molar-refractivity contribution is 6.66. The van der Waals surface area contributed by atoms with Crippen molar-refractivity contribution in [3.05, 3.63) is 146 Å². The molecular formula is C59H72ClN18O6-. The number of morpholine rings is 2. The fraction of sp³-hybridized carbons (Fsp3) is 0.288. The highest BCUT2D eigenvalue weighted by atomic mass is 35.5. The Balaban J connectivity index is 0.000000248. The van der Waals surface area contributed by atoms with Crippen molar-refractivity contribution in [1.82, 2.24) is 59.3 Å². The molecule has 2 aromatic carbocycles. The smallest absolute Gasteiger partial charge is 0.247 e. The van der Waals surface area contributed by atoms with Crippen LogP contribution < -0.4 is 41.0 Å². The molecule has 0 atom stereocenters. The zero-order chi connectivity index (χ0) is 58.8. The summed E-state index contributed by atoms with van der Waals surface area (Å²) in [5, 5.41) is 18.5. The lowest BCUT2D eigenvalue weighted by Crippen LogP contribution is -2.37. The summed E-state index contributed by atoms with van der Waals surface area (Å²) in [6, 6.07) is 27.4. The fourth-order valence-electron chi connectivity index (χ4n) is 8.76. The summed E-state index contributed by atoms with van der Waals surface area (Å²) < 4.78 is 25.6. The van der Waals surface area contributed by atoms with Crippen LogP contribution in [-0.4, -0.2) is 165 Å². The van der Waals surface area contributed by atoms with Crippen LogP contribution in [0.4, 0.5) is 46.3 Å². The Bertz CT molecular complexity index is 3490. The number of nitrogens with one attached hydrogen (secondary N) is 3. The average Bonchev–Trinajstić information content (AvgIpc) is 4.23. The van der Waals surface area contributed by atoms with Gasteiger partial charge in [-0.25, -0.2) is 19.3 Å². The number of rotatable bonds is 19. The molecule has 2 fully saturated rings. The Hall–Kier alpha value is -9.33. The van der Waals surface area contributed by atoms with Gasteiger partial charge in [-0.3, -0.25) is 9.59 Å². The second-order valence-corrected chi connectivity index (χ2v) is 19.5. The number of carbonyl (C=O) groups excluding carboxylic acids is 2. The maximum Gasteiger partial charge on any atom is 0.247 e. The molecule has 24 nitrogen and oxygen atoms in total. The Kier molecular flexibility index (Phi) is 22.3. The minimum atomic E-state index is -0.509. The lowest BCUT2D eigenvalue weighted by Gasteiger charge is -2.30. The Morgan fingerprint density at radius 3 is 1.50 bits per heavy atom. The van der Waals surface area contributed by atoms with Crippen molar-refractivity contribution in [3.8, 4) is 45.9 Å². The summed E-state index contributed by atoms with van der Waals surface area (Å²) in [6.07, 6.45) is 9.59. The van der Waals surface area contributed by atoms with E-state index in [1.807, 2.05) is 100 Å². The van der Waals surface area contributed by atoms with Crippen molar-refractivity contribution in [1.29, 1.82) is 0 Å². The molecule has 0 unspecified atom stereocenters. The number of pyridine rings is 2. The molecule has 6 aromatic heterocycles. The molecule has 5 N–H and O–H groups in total. The van der Waals surface area contributed by atoms with Gasteiger partial charge in [-0.05, 0) is 64.1 Å². The van der Waals surface area contributed by atoms with E-state index < -0.39 is 5.24 Å². The van der Waals surface area contributed by atoms with Gasteiger partial charge in [-0.15, -0.1) is 0 Å². The van der Waals surface area contributed by atoms with Crippen LogP contribution in [-0.2, 0) is 32.2 Å². The van der Waals surface area contributed by atoms with Gasteiger partial charge < -0.3 is 61.7 Å². The molecule has 0 spiro atoms. The third-order valence-electron chi connectivity index (χ3n) is 12.5. The number of aromatic nitrogens is 10. The van der Waals surface area contributed by atoms with Gasteiger partial charge in [-0.2, -0.15) is 30.1 Å². The van der Waals surface area contributed by atoms with Gasteiger partial charge in [0.1, 0.15) is 11.4 Å². The van der Waals surface area contributed by atoms with Gasteiger partial charge in [0, 0.05) is 98.4 Å². The first kappa shape index (κ1) is 62.3. The standard InChI is InChI=1S/C29H33N9O3.C26H31N9O2.C3H3ClO.CH4.H/c1-5-25(39)31-22-17-23(28(40-4)34-27(22)37-13-15-41-16-14-37)32-29-30-12-11-24(33-29)38-19-21(18-36(2)3)26(35-38)20-9-7-6-8-10-20;1-33(2)16-19-17-35(32-23(19)18-7-5-4-6-8-18)22-9-10-28-26(30-22)29-21-15-20(27)24(31-25(21)36-3)34-11-13-37-14-12-34;1-2-3(4)5;;/h5-12,17,19H,1,13-16,18H2,2-4H3,(H,31,39)(H,30,32,33);4-10,15,17H,11-14,16,27H2,1-3H3,(H,28,29,30);2H,1H2;1H4;/q;;;;-1/i;;;;1+2. The normalized spacial score (nSPS) is 12.9. The van der Waals surface area contributed by atoms with Gasteiger partial charge in [-0.1, -0.05) is 81.2 Å². The van der Waals surface area contributed by atoms with Crippen molar-refractivity contribution in [2.24, 2.45) is 0 Å². The van der Waals surface area contributed by atoms with Crippen molar-refractivity contribution in [2.45, 2.75) is 20.5 Å². The number of hydrogen-bond donors (Lipinski definition) is 4. The summed E-state index contributed by atoms with van der Waals surface area (Å²) in [5.41, 5.74) is 14.5. The van der Waals surface area contributed by atoms with E-state index in [1.165, 1.54) is 13.2 Å². The van der Waals surface area contributed by atoms with Crippen molar-refractivity contribution >= 4 is 69.0 Å². The molecule has 442 valence electrons. The average molecular weight is 1170 g/mol. The highest BCUT2D eigenvalue weighted by Gasteiger charge is 2.24. The van der Waals surface area contributed by atoms with Crippen LogP contribution in [0.5, 0.6) is 11.8 Å². The predicted molar refractivity (Wildman–Crippen MR) is 330 cm³/mol. The molecule has 0 saturated carbocycles. The molecular weight excluding hydrogens is 1090 g/mol. The molecule has 84 heavy (non-hydrogen) atoms. The summed E-state index contributed by atoms with van der Waals surface area (Å²) in [6.45, 7) is 13.2. The number of allylic oxidation sites excluding steroid dienone is 1. The Morgan fingerprint density at radius 2 is 1.08 bits per heavy atom. The summed E-state index contributed by atoms with van der Waals surface area (Å²) >= 11 is 4.71. The van der Waals surface area contributed by atoms with Gasteiger partial charge in [0.05, 0.1) is 63.4 Å². The number of ether oxygens (including phenoxy) is 4. The maximum atomic E-state index is 12.3. The van der Waals surface area contributed by atoms with Crippen LogP contribution in [0.25, 0.3) is 34.2 Å². The predicted octanol–water partition coefficient (Wildman–Crippen LogP) is 8.14. The number of benzene rings is 2. The van der Waals surface area contributed by atoms with E-state index in [0.29, 0.717) is 109 Å². The van der Waals surface area contributed by atoms with Crippen molar-refractivity contribution < 1.29 is 30.0 Å². The first-order chi connectivity index (χ1) is 40.2. The molecule has 1 amide bonds. The molecule has 2 saturated heterocycles. The van der Waals surface area contributed by atoms with Crippen molar-refractivity contribution in [2.75, 3.05) is 127 Å². The number of nitrogen functional groups attached to an aromatic ring is 1. The van der Waals surface area contributed by atoms with Crippen molar-refractivity contribution in [3.63, 3.8) is 0 Å². The largest absolute Gasteiger partial charge is 1.00 e. The minimum Gasteiger partial charge on any atom is -1.00 e. The number of methoxy groups -OCH3 is 2. The number of carbonyl (C=O) groups is 2. The van der Waals surface area contributed by atoms with E-state index >= 15 is 0 Å². The number of hydrogen-bond acceptors (Lipinski definition) is 21. The van der Waals surface area contributed by atoms with Crippen LogP contribution in [0, 0.1) is 0 Å². The second-order valence-electron chi connectivity index (χ2n) is 19.1. The SMILES string of the molecule is C.C=CC(=O)Cl.C=CC(=O)Nc1cc(Nc2nccc(-n3cc(CN(C)C)c(-c4ccccc4)n3)n2)c(OC)nc1N1CCOCC1.COc1nc(N2CCOCC2)c(N)cc1Nc1nccc(-n2cc(CN(C)C)c(-c3ccccc3)n2)n1.[3H-]. The van der Waals surface area contributed by atoms with E-state index in [9.17, 15) is 9.59 Å². The molecule has 8 heterocycles. The zero-order valence-corrected chi connectivity index (χ0v) is 48.0. The van der Waals surface area contributed by atoms with Crippen LogP contribution in [0.15, 0.2) is 135 Å². The number of amides is 1.